The Morgan fingerprint density at radius 3 is 2.44 bits per heavy atom. The standard InChI is InChI=1S/C19H18FNO4/c20-17-4-2-1-3-14(17)11-21(15-7-8-15)18(23)12-25-19(24)13-5-9-16(22)10-6-13/h1-6,9-10,15,22H,7-8,11-12H2. The summed E-state index contributed by atoms with van der Waals surface area (Å²) in [5, 5.41) is 9.22. The summed E-state index contributed by atoms with van der Waals surface area (Å²) < 4.78 is 18.9. The zero-order chi connectivity index (χ0) is 17.8. The number of amides is 1. The number of hydrogen-bond acceptors (Lipinski definition) is 4. The highest BCUT2D eigenvalue weighted by atomic mass is 19.1. The molecule has 2 aromatic rings. The molecular formula is C19H18FNO4. The first-order valence-corrected chi connectivity index (χ1v) is 8.03. The number of benzene rings is 2. The van der Waals surface area contributed by atoms with Crippen molar-refractivity contribution in [3.05, 3.63) is 65.5 Å². The molecule has 1 aliphatic rings. The fourth-order valence-electron chi connectivity index (χ4n) is 2.51. The molecule has 0 radical (unpaired) electrons. The number of phenols is 1. The molecule has 25 heavy (non-hydrogen) atoms. The van der Waals surface area contributed by atoms with Crippen LogP contribution in [0.15, 0.2) is 48.5 Å². The van der Waals surface area contributed by atoms with Gasteiger partial charge in [-0.05, 0) is 43.2 Å². The van der Waals surface area contributed by atoms with Crippen molar-refractivity contribution in [1.29, 1.82) is 0 Å². The molecule has 5 nitrogen and oxygen atoms in total. The van der Waals surface area contributed by atoms with Crippen LogP contribution in [0.4, 0.5) is 4.39 Å². The van der Waals surface area contributed by atoms with Crippen LogP contribution in [0, 0.1) is 5.82 Å². The van der Waals surface area contributed by atoms with E-state index < -0.39 is 12.6 Å². The van der Waals surface area contributed by atoms with Crippen molar-refractivity contribution >= 4 is 11.9 Å². The van der Waals surface area contributed by atoms with E-state index in [1.807, 2.05) is 0 Å². The number of aromatic hydroxyl groups is 1. The van der Waals surface area contributed by atoms with Crippen molar-refractivity contribution in [1.82, 2.24) is 4.90 Å². The second kappa shape index (κ2) is 7.34. The van der Waals surface area contributed by atoms with E-state index in [0.29, 0.717) is 5.56 Å². The van der Waals surface area contributed by atoms with Crippen LogP contribution in [0.25, 0.3) is 0 Å². The van der Waals surface area contributed by atoms with E-state index in [4.69, 9.17) is 4.74 Å². The third kappa shape index (κ3) is 4.35. The van der Waals surface area contributed by atoms with Gasteiger partial charge in [-0.15, -0.1) is 0 Å². The monoisotopic (exact) mass is 343 g/mol. The number of nitrogens with zero attached hydrogens (tertiary/aromatic N) is 1. The highest BCUT2D eigenvalue weighted by molar-refractivity contribution is 5.91. The van der Waals surface area contributed by atoms with Crippen LogP contribution < -0.4 is 0 Å². The number of phenolic OH excluding ortho intramolecular Hbond substituents is 1. The lowest BCUT2D eigenvalue weighted by Gasteiger charge is -2.22. The Morgan fingerprint density at radius 2 is 1.80 bits per heavy atom. The molecule has 1 saturated carbocycles. The fraction of sp³-hybridized carbons (Fsp3) is 0.263. The summed E-state index contributed by atoms with van der Waals surface area (Å²) in [5.74, 6) is -1.31. The molecule has 0 unspecified atom stereocenters. The van der Waals surface area contributed by atoms with E-state index in [1.54, 1.807) is 23.1 Å². The van der Waals surface area contributed by atoms with Crippen molar-refractivity contribution in [3.8, 4) is 5.75 Å². The van der Waals surface area contributed by atoms with Crippen LogP contribution in [0.1, 0.15) is 28.8 Å². The van der Waals surface area contributed by atoms with Crippen molar-refractivity contribution in [3.63, 3.8) is 0 Å². The lowest BCUT2D eigenvalue weighted by Crippen LogP contribution is -2.36. The van der Waals surface area contributed by atoms with Gasteiger partial charge in [-0.2, -0.15) is 0 Å². The lowest BCUT2D eigenvalue weighted by molar-refractivity contribution is -0.135. The molecule has 0 heterocycles. The quantitative estimate of drug-likeness (QED) is 0.819. The third-order valence-electron chi connectivity index (χ3n) is 4.04. The fourth-order valence-corrected chi connectivity index (χ4v) is 2.51. The maximum absolute atomic E-state index is 13.8. The van der Waals surface area contributed by atoms with Crippen LogP contribution in [0.3, 0.4) is 0 Å². The van der Waals surface area contributed by atoms with Gasteiger partial charge in [0.2, 0.25) is 0 Å². The average molecular weight is 343 g/mol. The van der Waals surface area contributed by atoms with E-state index in [-0.39, 0.29) is 35.6 Å². The van der Waals surface area contributed by atoms with Crippen molar-refractivity contribution < 1.29 is 23.8 Å². The number of carbonyl (C=O) groups excluding carboxylic acids is 2. The Morgan fingerprint density at radius 1 is 1.12 bits per heavy atom. The second-order valence-electron chi connectivity index (χ2n) is 5.97. The van der Waals surface area contributed by atoms with Crippen LogP contribution >= 0.6 is 0 Å². The molecule has 0 aliphatic heterocycles. The van der Waals surface area contributed by atoms with Gasteiger partial charge in [-0.1, -0.05) is 18.2 Å². The zero-order valence-corrected chi connectivity index (χ0v) is 13.5. The Kier molecular flexibility index (Phi) is 4.97. The molecule has 0 bridgehead atoms. The molecule has 3 rings (SSSR count). The molecule has 1 amide bonds. The summed E-state index contributed by atoms with van der Waals surface area (Å²) in [7, 11) is 0. The molecule has 1 aliphatic carbocycles. The first-order chi connectivity index (χ1) is 12.0. The average Bonchev–Trinajstić information content (AvgIpc) is 3.44. The highest BCUT2D eigenvalue weighted by Gasteiger charge is 2.33. The van der Waals surface area contributed by atoms with Gasteiger partial charge in [0.05, 0.1) is 5.56 Å². The molecule has 0 aromatic heterocycles. The van der Waals surface area contributed by atoms with Gasteiger partial charge in [0.15, 0.2) is 6.61 Å². The predicted molar refractivity (Wildman–Crippen MR) is 88.4 cm³/mol. The SMILES string of the molecule is O=C(OCC(=O)N(Cc1ccccc1F)C1CC1)c1ccc(O)cc1. The normalized spacial score (nSPS) is 13.3. The molecule has 0 saturated heterocycles. The number of esters is 1. The van der Waals surface area contributed by atoms with Crippen LogP contribution in [-0.4, -0.2) is 34.5 Å². The molecule has 2 aromatic carbocycles. The van der Waals surface area contributed by atoms with Crippen molar-refractivity contribution in [2.75, 3.05) is 6.61 Å². The minimum absolute atomic E-state index is 0.0393. The van der Waals surface area contributed by atoms with Gasteiger partial charge in [0.1, 0.15) is 11.6 Å². The minimum Gasteiger partial charge on any atom is -0.508 e. The number of rotatable bonds is 6. The molecule has 1 N–H and O–H groups in total. The lowest BCUT2D eigenvalue weighted by atomic mass is 10.2. The molecule has 0 atom stereocenters. The maximum Gasteiger partial charge on any atom is 0.338 e. The van der Waals surface area contributed by atoms with E-state index >= 15 is 0 Å². The summed E-state index contributed by atoms with van der Waals surface area (Å²) in [6.45, 7) is -0.238. The molecule has 0 spiro atoms. The number of hydrogen-bond donors (Lipinski definition) is 1. The van der Waals surface area contributed by atoms with Gasteiger partial charge in [0.25, 0.3) is 5.91 Å². The Labute approximate surface area is 144 Å². The Hall–Kier alpha value is -2.89. The third-order valence-corrected chi connectivity index (χ3v) is 4.04. The first-order valence-electron chi connectivity index (χ1n) is 8.03. The van der Waals surface area contributed by atoms with E-state index in [1.165, 1.54) is 30.3 Å². The van der Waals surface area contributed by atoms with E-state index in [0.717, 1.165) is 12.8 Å². The Bertz CT molecular complexity index is 771. The predicted octanol–water partition coefficient (Wildman–Crippen LogP) is 2.88. The summed E-state index contributed by atoms with van der Waals surface area (Å²) in [6, 6.07) is 12.0. The van der Waals surface area contributed by atoms with Gasteiger partial charge in [0, 0.05) is 18.2 Å². The van der Waals surface area contributed by atoms with Crippen molar-refractivity contribution in [2.24, 2.45) is 0 Å². The molecule has 1 fully saturated rings. The van der Waals surface area contributed by atoms with Gasteiger partial charge >= 0.3 is 5.97 Å². The number of ether oxygens (including phenoxy) is 1. The first kappa shape index (κ1) is 17.0. The molecule has 130 valence electrons. The molecule has 6 heteroatoms. The van der Waals surface area contributed by atoms with Crippen LogP contribution in [0.2, 0.25) is 0 Å². The summed E-state index contributed by atoms with van der Waals surface area (Å²) in [5.41, 5.74) is 0.685. The van der Waals surface area contributed by atoms with Gasteiger partial charge < -0.3 is 14.7 Å². The zero-order valence-electron chi connectivity index (χ0n) is 13.5. The number of halogens is 1. The summed E-state index contributed by atoms with van der Waals surface area (Å²) in [6.07, 6.45) is 1.73. The van der Waals surface area contributed by atoms with E-state index in [2.05, 4.69) is 0 Å². The van der Waals surface area contributed by atoms with E-state index in [9.17, 15) is 19.1 Å². The second-order valence-corrected chi connectivity index (χ2v) is 5.97. The van der Waals surface area contributed by atoms with Crippen molar-refractivity contribution in [2.45, 2.75) is 25.4 Å². The van der Waals surface area contributed by atoms with Gasteiger partial charge in [-0.3, -0.25) is 4.79 Å². The Balaban J connectivity index is 1.61. The number of carbonyl (C=O) groups is 2. The minimum atomic E-state index is -0.644. The van der Waals surface area contributed by atoms with Crippen LogP contribution in [-0.2, 0) is 16.1 Å². The summed E-state index contributed by atoms with van der Waals surface area (Å²) >= 11 is 0. The topological polar surface area (TPSA) is 66.8 Å². The van der Waals surface area contributed by atoms with Gasteiger partial charge in [-0.25, -0.2) is 9.18 Å². The largest absolute Gasteiger partial charge is 0.508 e. The van der Waals surface area contributed by atoms with Crippen LogP contribution in [0.5, 0.6) is 5.75 Å². The maximum atomic E-state index is 13.8. The smallest absolute Gasteiger partial charge is 0.338 e. The highest BCUT2D eigenvalue weighted by Crippen LogP contribution is 2.29. The molecular weight excluding hydrogens is 325 g/mol. The summed E-state index contributed by atoms with van der Waals surface area (Å²) in [4.78, 5) is 25.9.